The highest BCUT2D eigenvalue weighted by Crippen LogP contribution is 2.33. The zero-order valence-electron chi connectivity index (χ0n) is 21.5. The molecule has 38 heavy (non-hydrogen) atoms. The van der Waals surface area contributed by atoms with Crippen molar-refractivity contribution in [2.45, 2.75) is 36.7 Å². The minimum absolute atomic E-state index is 0.0607. The van der Waals surface area contributed by atoms with Crippen LogP contribution >= 0.6 is 11.8 Å². The molecule has 1 aromatic heterocycles. The van der Waals surface area contributed by atoms with Gasteiger partial charge in [-0.1, -0.05) is 29.5 Å². The van der Waals surface area contributed by atoms with E-state index in [0.29, 0.717) is 37.1 Å². The molecule has 5 rings (SSSR count). The molecule has 2 aliphatic heterocycles. The lowest BCUT2D eigenvalue weighted by atomic mass is 10.1. The number of amides is 1. The van der Waals surface area contributed by atoms with Crippen LogP contribution in [-0.4, -0.2) is 84.0 Å². The van der Waals surface area contributed by atoms with E-state index in [0.717, 1.165) is 48.4 Å². The first-order valence-corrected chi connectivity index (χ1v) is 15.0. The first-order chi connectivity index (χ1) is 18.3. The van der Waals surface area contributed by atoms with E-state index in [9.17, 15) is 13.2 Å². The Bertz CT molecular complexity index is 1410. The van der Waals surface area contributed by atoms with E-state index in [1.54, 1.807) is 22.9 Å². The van der Waals surface area contributed by atoms with Gasteiger partial charge in [-0.05, 0) is 66.9 Å². The van der Waals surface area contributed by atoms with E-state index in [-0.39, 0.29) is 16.6 Å². The summed E-state index contributed by atoms with van der Waals surface area (Å²) in [4.78, 5) is 15.4. The van der Waals surface area contributed by atoms with Crippen molar-refractivity contribution in [3.05, 3.63) is 47.5 Å². The summed E-state index contributed by atoms with van der Waals surface area (Å²) in [5.74, 6) is -0.211. The SMILES string of the molecule is Cc1ccc(-n2nnnc2SCC(=O)Nc2cc(S(=O)(=O)N3CCOCC3)ccc2N2CCCC2)c(C)c1. The molecule has 0 spiro atoms. The largest absolute Gasteiger partial charge is 0.379 e. The van der Waals surface area contributed by atoms with E-state index < -0.39 is 10.0 Å². The van der Waals surface area contributed by atoms with Crippen LogP contribution in [0.5, 0.6) is 0 Å². The summed E-state index contributed by atoms with van der Waals surface area (Å²) in [6.45, 7) is 7.08. The predicted molar refractivity (Wildman–Crippen MR) is 145 cm³/mol. The van der Waals surface area contributed by atoms with Crippen molar-refractivity contribution >= 4 is 39.1 Å². The molecule has 2 fully saturated rings. The third kappa shape index (κ3) is 5.70. The van der Waals surface area contributed by atoms with Crippen LogP contribution in [-0.2, 0) is 19.6 Å². The summed E-state index contributed by atoms with van der Waals surface area (Å²) in [5.41, 5.74) is 4.32. The van der Waals surface area contributed by atoms with Gasteiger partial charge in [-0.2, -0.15) is 8.99 Å². The number of anilines is 2. The van der Waals surface area contributed by atoms with E-state index in [1.807, 2.05) is 26.0 Å². The van der Waals surface area contributed by atoms with Crippen LogP contribution < -0.4 is 10.2 Å². The van der Waals surface area contributed by atoms with Gasteiger partial charge in [0, 0.05) is 26.2 Å². The van der Waals surface area contributed by atoms with Crippen LogP contribution in [0.1, 0.15) is 24.0 Å². The molecule has 0 radical (unpaired) electrons. The summed E-state index contributed by atoms with van der Waals surface area (Å²) < 4.78 is 34.9. The number of hydrogen-bond acceptors (Lipinski definition) is 9. The molecule has 2 saturated heterocycles. The first-order valence-electron chi connectivity index (χ1n) is 12.6. The lowest BCUT2D eigenvalue weighted by Crippen LogP contribution is -2.40. The Morgan fingerprint density at radius 1 is 1.03 bits per heavy atom. The Morgan fingerprint density at radius 3 is 2.50 bits per heavy atom. The van der Waals surface area contributed by atoms with Crippen molar-refractivity contribution < 1.29 is 17.9 Å². The zero-order valence-corrected chi connectivity index (χ0v) is 23.1. The summed E-state index contributed by atoms with van der Waals surface area (Å²) in [6, 6.07) is 11.0. The normalized spacial score (nSPS) is 16.6. The van der Waals surface area contributed by atoms with E-state index in [4.69, 9.17) is 4.74 Å². The number of ether oxygens (including phenoxy) is 1. The summed E-state index contributed by atoms with van der Waals surface area (Å²) in [7, 11) is -3.70. The molecular formula is C25H31N7O4S2. The van der Waals surface area contributed by atoms with Gasteiger partial charge < -0.3 is 15.0 Å². The fraction of sp³-hybridized carbons (Fsp3) is 0.440. The van der Waals surface area contributed by atoms with Gasteiger partial charge in [0.25, 0.3) is 0 Å². The number of aryl methyl sites for hydroxylation is 2. The smallest absolute Gasteiger partial charge is 0.243 e. The number of tetrazole rings is 1. The van der Waals surface area contributed by atoms with Crippen molar-refractivity contribution in [1.29, 1.82) is 0 Å². The molecule has 2 aromatic carbocycles. The Hall–Kier alpha value is -3.00. The number of rotatable bonds is 8. The van der Waals surface area contributed by atoms with Crippen LogP contribution in [0.15, 0.2) is 46.5 Å². The predicted octanol–water partition coefficient (Wildman–Crippen LogP) is 2.63. The summed E-state index contributed by atoms with van der Waals surface area (Å²) in [5, 5.41) is 15.4. The molecule has 0 aliphatic carbocycles. The van der Waals surface area contributed by atoms with Gasteiger partial charge in [-0.3, -0.25) is 4.79 Å². The van der Waals surface area contributed by atoms with Gasteiger partial charge in [-0.15, -0.1) is 5.10 Å². The third-order valence-electron chi connectivity index (χ3n) is 6.65. The molecule has 1 N–H and O–H groups in total. The molecule has 1 amide bonds. The highest BCUT2D eigenvalue weighted by atomic mass is 32.2. The van der Waals surface area contributed by atoms with Crippen LogP contribution in [0.2, 0.25) is 0 Å². The number of nitrogens with one attached hydrogen (secondary N) is 1. The highest BCUT2D eigenvalue weighted by molar-refractivity contribution is 7.99. The molecule has 202 valence electrons. The van der Waals surface area contributed by atoms with Crippen LogP contribution in [0, 0.1) is 13.8 Å². The first kappa shape index (κ1) is 26.6. The summed E-state index contributed by atoms with van der Waals surface area (Å²) in [6.07, 6.45) is 2.11. The quantitative estimate of drug-likeness (QED) is 0.417. The topological polar surface area (TPSA) is 123 Å². The summed E-state index contributed by atoms with van der Waals surface area (Å²) >= 11 is 1.22. The number of morpholine rings is 1. The van der Waals surface area contributed by atoms with Gasteiger partial charge in [0.2, 0.25) is 21.1 Å². The van der Waals surface area contributed by atoms with Crippen molar-refractivity contribution in [3.63, 3.8) is 0 Å². The molecule has 13 heteroatoms. The average molecular weight is 558 g/mol. The standard InChI is InChI=1S/C25H31N7O4S2/c1-18-5-7-22(19(2)15-18)32-25(27-28-29-32)37-17-24(33)26-21-16-20(6-8-23(21)30-9-3-4-10-30)38(34,35)31-11-13-36-14-12-31/h5-8,15-16H,3-4,9-14,17H2,1-2H3,(H,26,33). The van der Waals surface area contributed by atoms with Gasteiger partial charge in [-0.25, -0.2) is 8.42 Å². The fourth-order valence-corrected chi connectivity index (χ4v) is 6.84. The van der Waals surface area contributed by atoms with Crippen molar-refractivity contribution in [3.8, 4) is 5.69 Å². The average Bonchev–Trinajstić information content (AvgIpc) is 3.61. The molecule has 0 bridgehead atoms. The second kappa shape index (κ2) is 11.4. The van der Waals surface area contributed by atoms with Crippen molar-refractivity contribution in [1.82, 2.24) is 24.5 Å². The Labute approximate surface area is 226 Å². The second-order valence-corrected chi connectivity index (χ2v) is 12.3. The molecule has 2 aliphatic rings. The van der Waals surface area contributed by atoms with Crippen molar-refractivity contribution in [2.75, 3.05) is 55.4 Å². The number of carbonyl (C=O) groups is 1. The lowest BCUT2D eigenvalue weighted by Gasteiger charge is -2.27. The number of aromatic nitrogens is 4. The molecule has 3 heterocycles. The minimum atomic E-state index is -3.70. The Morgan fingerprint density at radius 2 is 1.76 bits per heavy atom. The number of carbonyl (C=O) groups excluding carboxylic acids is 1. The maximum absolute atomic E-state index is 13.3. The molecule has 3 aromatic rings. The fourth-order valence-electron chi connectivity index (χ4n) is 4.73. The van der Waals surface area contributed by atoms with E-state index in [2.05, 4.69) is 31.8 Å². The van der Waals surface area contributed by atoms with Crippen LogP contribution in [0.3, 0.4) is 0 Å². The maximum Gasteiger partial charge on any atom is 0.243 e. The molecule has 11 nitrogen and oxygen atoms in total. The minimum Gasteiger partial charge on any atom is -0.379 e. The van der Waals surface area contributed by atoms with Crippen molar-refractivity contribution in [2.24, 2.45) is 0 Å². The highest BCUT2D eigenvalue weighted by Gasteiger charge is 2.28. The Kier molecular flexibility index (Phi) is 7.98. The molecule has 0 atom stereocenters. The van der Waals surface area contributed by atoms with Gasteiger partial charge >= 0.3 is 0 Å². The lowest BCUT2D eigenvalue weighted by molar-refractivity contribution is -0.113. The van der Waals surface area contributed by atoms with Gasteiger partial charge in [0.05, 0.1) is 40.9 Å². The number of nitrogens with zero attached hydrogens (tertiary/aromatic N) is 6. The number of benzene rings is 2. The molecule has 0 saturated carbocycles. The molecular weight excluding hydrogens is 526 g/mol. The van der Waals surface area contributed by atoms with Gasteiger partial charge in [0.15, 0.2) is 0 Å². The Balaban J connectivity index is 1.35. The second-order valence-electron chi connectivity index (χ2n) is 9.39. The zero-order chi connectivity index (χ0) is 26.7. The number of thioether (sulfide) groups is 1. The maximum atomic E-state index is 13.3. The van der Waals surface area contributed by atoms with Crippen LogP contribution in [0.4, 0.5) is 11.4 Å². The van der Waals surface area contributed by atoms with Gasteiger partial charge in [0.1, 0.15) is 0 Å². The van der Waals surface area contributed by atoms with Crippen LogP contribution in [0.25, 0.3) is 5.69 Å². The molecule has 0 unspecified atom stereocenters. The third-order valence-corrected chi connectivity index (χ3v) is 9.46. The number of hydrogen-bond donors (Lipinski definition) is 1. The monoisotopic (exact) mass is 557 g/mol. The number of sulfonamides is 1. The van der Waals surface area contributed by atoms with E-state index in [1.165, 1.54) is 16.1 Å². The van der Waals surface area contributed by atoms with E-state index >= 15 is 0 Å².